The van der Waals surface area contributed by atoms with Crippen LogP contribution in [0.4, 0.5) is 0 Å². The standard InChI is InChI=1S/C50H36O/c1-3-15-35(16-4-1)45-29-37(41-27-13-21-33-19-7-9-23-39(33)41)31-47-43-25-11-12-26-44(43)48-32-38(42-28-14-22-34-20-8-10-24-40(34)42)30-46(50(48)51-49(45)47)36-17-5-2-6-18-36/h1-13,15-27,29-32,43-44H,14,28H2. The summed E-state index contributed by atoms with van der Waals surface area (Å²) in [5, 5.41) is 5.16. The van der Waals surface area contributed by atoms with Crippen molar-refractivity contribution in [3.63, 3.8) is 0 Å². The predicted octanol–water partition coefficient (Wildman–Crippen LogP) is 11.7. The molecule has 0 bridgehead atoms. The van der Waals surface area contributed by atoms with Gasteiger partial charge in [0.05, 0.1) is 0 Å². The number of allylic oxidation sites excluding steroid dienone is 4. The molecule has 1 heteroatoms. The van der Waals surface area contributed by atoms with Crippen molar-refractivity contribution in [2.75, 3.05) is 0 Å². The van der Waals surface area contributed by atoms with Crippen molar-refractivity contribution in [1.29, 1.82) is 0 Å². The average molecular weight is 653 g/mol. The fourth-order valence-electron chi connectivity index (χ4n) is 8.56. The summed E-state index contributed by atoms with van der Waals surface area (Å²) < 4.78 is 7.47. The summed E-state index contributed by atoms with van der Waals surface area (Å²) in [5.74, 6) is 2.09. The molecule has 0 saturated heterocycles. The molecule has 0 spiro atoms. The second-order valence-corrected chi connectivity index (χ2v) is 13.9. The molecule has 10 rings (SSSR count). The van der Waals surface area contributed by atoms with Gasteiger partial charge in [-0.3, -0.25) is 0 Å². The molecule has 0 fully saturated rings. The third-order valence-corrected chi connectivity index (χ3v) is 11.0. The van der Waals surface area contributed by atoms with Crippen LogP contribution in [0.25, 0.3) is 55.8 Å². The van der Waals surface area contributed by atoms with E-state index in [-0.39, 0.29) is 11.8 Å². The lowest BCUT2D eigenvalue weighted by molar-refractivity contribution is 0.482. The molecule has 51 heavy (non-hydrogen) atoms. The van der Waals surface area contributed by atoms with E-state index in [1.807, 2.05) is 0 Å². The SMILES string of the molecule is C1=CC2c3cc(C4=c5ccccc5=CCC4)cc(-c4ccccc4)c3Oc3c(-c4ccccc4)cc(-c4cccc5ccccc45)cc3C2C=C1. The molecular formula is C50H36O. The Bertz CT molecular complexity index is 2660. The van der Waals surface area contributed by atoms with E-state index >= 15 is 0 Å². The number of fused-ring (bicyclic) bond motifs is 7. The van der Waals surface area contributed by atoms with E-state index < -0.39 is 0 Å². The van der Waals surface area contributed by atoms with Crippen LogP contribution in [-0.2, 0) is 0 Å². The van der Waals surface area contributed by atoms with E-state index in [2.05, 4.69) is 182 Å². The zero-order valence-electron chi connectivity index (χ0n) is 28.3. The Labute approximate surface area is 298 Å². The Morgan fingerprint density at radius 1 is 0.471 bits per heavy atom. The van der Waals surface area contributed by atoms with E-state index in [1.165, 1.54) is 54.6 Å². The quantitative estimate of drug-likeness (QED) is 0.184. The monoisotopic (exact) mass is 652 g/mol. The summed E-state index contributed by atoms with van der Waals surface area (Å²) in [6.45, 7) is 0. The van der Waals surface area contributed by atoms with Gasteiger partial charge in [0.15, 0.2) is 0 Å². The third-order valence-electron chi connectivity index (χ3n) is 11.0. The molecule has 1 aliphatic heterocycles. The minimum Gasteiger partial charge on any atom is -0.455 e. The molecule has 1 heterocycles. The fraction of sp³-hybridized carbons (Fsp3) is 0.0800. The summed E-state index contributed by atoms with van der Waals surface area (Å²) in [5.41, 5.74) is 12.1. The second kappa shape index (κ2) is 12.3. The van der Waals surface area contributed by atoms with Crippen LogP contribution in [0.15, 0.2) is 176 Å². The lowest BCUT2D eigenvalue weighted by Crippen LogP contribution is -2.29. The van der Waals surface area contributed by atoms with Crippen LogP contribution < -0.4 is 15.2 Å². The fourth-order valence-corrected chi connectivity index (χ4v) is 8.56. The van der Waals surface area contributed by atoms with Crippen molar-refractivity contribution in [1.82, 2.24) is 0 Å². The van der Waals surface area contributed by atoms with Crippen molar-refractivity contribution in [3.8, 4) is 44.9 Å². The molecule has 0 amide bonds. The minimum absolute atomic E-state index is 0.0967. The van der Waals surface area contributed by atoms with Crippen LogP contribution in [0.5, 0.6) is 11.5 Å². The molecular weight excluding hydrogens is 617 g/mol. The molecule has 7 aromatic rings. The lowest BCUT2D eigenvalue weighted by Gasteiger charge is -2.26. The molecule has 0 aromatic heterocycles. The zero-order valence-corrected chi connectivity index (χ0v) is 28.3. The molecule has 2 aliphatic carbocycles. The van der Waals surface area contributed by atoms with Crippen LogP contribution in [0.2, 0.25) is 0 Å². The van der Waals surface area contributed by atoms with Crippen molar-refractivity contribution in [2.45, 2.75) is 24.7 Å². The van der Waals surface area contributed by atoms with Crippen molar-refractivity contribution < 1.29 is 4.74 Å². The molecule has 1 nitrogen and oxygen atoms in total. The summed E-state index contributed by atoms with van der Waals surface area (Å²) in [4.78, 5) is 0. The summed E-state index contributed by atoms with van der Waals surface area (Å²) in [7, 11) is 0. The van der Waals surface area contributed by atoms with Gasteiger partial charge in [-0.05, 0) is 91.7 Å². The Kier molecular flexibility index (Phi) is 7.17. The van der Waals surface area contributed by atoms with Gasteiger partial charge in [-0.2, -0.15) is 0 Å². The van der Waals surface area contributed by atoms with Gasteiger partial charge in [-0.15, -0.1) is 0 Å². The highest BCUT2D eigenvalue weighted by molar-refractivity contribution is 5.98. The van der Waals surface area contributed by atoms with E-state index in [0.29, 0.717) is 0 Å². The Hall–Kier alpha value is -6.18. The van der Waals surface area contributed by atoms with E-state index in [1.54, 1.807) is 0 Å². The third kappa shape index (κ3) is 5.08. The first kappa shape index (κ1) is 29.7. The Balaban J connectivity index is 1.28. The number of ether oxygens (including phenoxy) is 1. The number of rotatable bonds is 4. The van der Waals surface area contributed by atoms with Gasteiger partial charge in [0.1, 0.15) is 11.5 Å². The van der Waals surface area contributed by atoms with Gasteiger partial charge in [-0.1, -0.05) is 158 Å². The lowest BCUT2D eigenvalue weighted by atomic mass is 9.76. The summed E-state index contributed by atoms with van der Waals surface area (Å²) >= 11 is 0. The highest BCUT2D eigenvalue weighted by Crippen LogP contribution is 2.55. The first-order valence-corrected chi connectivity index (χ1v) is 18.1. The molecule has 0 radical (unpaired) electrons. The maximum absolute atomic E-state index is 7.47. The smallest absolute Gasteiger partial charge is 0.139 e. The van der Waals surface area contributed by atoms with Crippen molar-refractivity contribution >= 4 is 22.4 Å². The maximum Gasteiger partial charge on any atom is 0.139 e. The number of hydrogen-bond acceptors (Lipinski definition) is 1. The molecule has 0 saturated carbocycles. The molecule has 3 aliphatic rings. The zero-order chi connectivity index (χ0) is 33.7. The van der Waals surface area contributed by atoms with Gasteiger partial charge in [0, 0.05) is 34.1 Å². The largest absolute Gasteiger partial charge is 0.455 e. The van der Waals surface area contributed by atoms with Gasteiger partial charge in [0.25, 0.3) is 0 Å². The maximum atomic E-state index is 7.47. The topological polar surface area (TPSA) is 9.23 Å². The molecule has 0 N–H and O–H groups in total. The van der Waals surface area contributed by atoms with Crippen LogP contribution in [-0.4, -0.2) is 0 Å². The Morgan fingerprint density at radius 3 is 1.78 bits per heavy atom. The summed E-state index contributed by atoms with van der Waals surface area (Å²) in [6, 6.07) is 55.3. The normalized spacial score (nSPS) is 17.0. The predicted molar refractivity (Wildman–Crippen MR) is 212 cm³/mol. The van der Waals surface area contributed by atoms with E-state index in [4.69, 9.17) is 4.74 Å². The Morgan fingerprint density at radius 2 is 1.06 bits per heavy atom. The van der Waals surface area contributed by atoms with Gasteiger partial charge < -0.3 is 4.74 Å². The number of benzene rings is 7. The number of hydrogen-bond donors (Lipinski definition) is 0. The van der Waals surface area contributed by atoms with Crippen molar-refractivity contribution in [2.24, 2.45) is 0 Å². The first-order chi connectivity index (χ1) is 25.3. The molecule has 242 valence electrons. The highest BCUT2D eigenvalue weighted by Gasteiger charge is 2.35. The minimum atomic E-state index is 0.0967. The van der Waals surface area contributed by atoms with Crippen LogP contribution >= 0.6 is 0 Å². The van der Waals surface area contributed by atoms with Crippen LogP contribution in [0.1, 0.15) is 41.4 Å². The molecule has 7 aromatic carbocycles. The average Bonchev–Trinajstić information content (AvgIpc) is 3.35. The van der Waals surface area contributed by atoms with E-state index in [0.717, 1.165) is 46.6 Å². The molecule has 2 atom stereocenters. The highest BCUT2D eigenvalue weighted by atomic mass is 16.5. The second-order valence-electron chi connectivity index (χ2n) is 13.9. The molecule has 2 unspecified atom stereocenters. The van der Waals surface area contributed by atoms with E-state index in [9.17, 15) is 0 Å². The summed E-state index contributed by atoms with van der Waals surface area (Å²) in [6.07, 6.45) is 13.6. The van der Waals surface area contributed by atoms with Gasteiger partial charge in [-0.25, -0.2) is 0 Å². The van der Waals surface area contributed by atoms with Crippen LogP contribution in [0.3, 0.4) is 0 Å². The van der Waals surface area contributed by atoms with Gasteiger partial charge in [0.2, 0.25) is 0 Å². The van der Waals surface area contributed by atoms with Crippen LogP contribution in [0, 0.1) is 0 Å². The van der Waals surface area contributed by atoms with Crippen molar-refractivity contribution in [3.05, 3.63) is 203 Å². The first-order valence-electron chi connectivity index (χ1n) is 18.1. The van der Waals surface area contributed by atoms with Gasteiger partial charge >= 0.3 is 0 Å².